The molecule has 1 aromatic carbocycles. The number of nitrogens with zero attached hydrogens (tertiary/aromatic N) is 2. The first kappa shape index (κ1) is 13.4. The summed E-state index contributed by atoms with van der Waals surface area (Å²) >= 11 is 0. The molecule has 3 heterocycles. The highest BCUT2D eigenvalue weighted by atomic mass is 15.2. The van der Waals surface area contributed by atoms with Gasteiger partial charge in [0, 0.05) is 48.7 Å². The topological polar surface area (TPSA) is 44.0 Å². The van der Waals surface area contributed by atoms with Crippen molar-refractivity contribution < 1.29 is 0 Å². The largest absolute Gasteiger partial charge is 0.361 e. The molecule has 0 amide bonds. The summed E-state index contributed by atoms with van der Waals surface area (Å²) in [5.41, 5.74) is 5.45. The molecule has 4 heteroatoms. The number of rotatable bonds is 1. The van der Waals surface area contributed by atoms with Crippen LogP contribution in [0.5, 0.6) is 0 Å². The van der Waals surface area contributed by atoms with E-state index in [4.69, 9.17) is 4.98 Å². The fraction of sp³-hybridized carbons (Fsp3) is 0.421. The molecule has 2 aliphatic rings. The van der Waals surface area contributed by atoms with Gasteiger partial charge in [-0.15, -0.1) is 0 Å². The van der Waals surface area contributed by atoms with Crippen LogP contribution in [0.15, 0.2) is 24.4 Å². The van der Waals surface area contributed by atoms with Gasteiger partial charge in [0.05, 0.1) is 5.52 Å². The molecule has 4 nitrogen and oxygen atoms in total. The second-order valence-corrected chi connectivity index (χ2v) is 6.74. The van der Waals surface area contributed by atoms with Crippen molar-refractivity contribution in [3.05, 3.63) is 35.5 Å². The highest BCUT2D eigenvalue weighted by Gasteiger charge is 2.23. The van der Waals surface area contributed by atoms with E-state index in [1.54, 1.807) is 5.56 Å². The van der Waals surface area contributed by atoms with Gasteiger partial charge in [-0.05, 0) is 55.0 Å². The van der Waals surface area contributed by atoms with Gasteiger partial charge in [-0.3, -0.25) is 0 Å². The second kappa shape index (κ2) is 5.24. The zero-order valence-electron chi connectivity index (χ0n) is 13.4. The quantitative estimate of drug-likeness (QED) is 0.726. The van der Waals surface area contributed by atoms with Gasteiger partial charge >= 0.3 is 0 Å². The van der Waals surface area contributed by atoms with Crippen molar-refractivity contribution >= 4 is 27.6 Å². The van der Waals surface area contributed by atoms with E-state index >= 15 is 0 Å². The maximum atomic E-state index is 5.13. The van der Waals surface area contributed by atoms with Gasteiger partial charge in [0.2, 0.25) is 0 Å². The third kappa shape index (κ3) is 2.05. The maximum absolute atomic E-state index is 5.13. The number of hydrogen-bond acceptors (Lipinski definition) is 3. The molecule has 23 heavy (non-hydrogen) atoms. The number of piperazine rings is 1. The summed E-state index contributed by atoms with van der Waals surface area (Å²) in [6.07, 6.45) is 7.01. The normalized spacial score (nSPS) is 18.5. The zero-order valence-corrected chi connectivity index (χ0v) is 13.4. The number of aromatic nitrogens is 2. The lowest BCUT2D eigenvalue weighted by Gasteiger charge is -2.32. The summed E-state index contributed by atoms with van der Waals surface area (Å²) in [6, 6.07) is 6.56. The molecule has 0 saturated carbocycles. The summed E-state index contributed by atoms with van der Waals surface area (Å²) in [6.45, 7) is 4.26. The lowest BCUT2D eigenvalue weighted by atomic mass is 9.88. The molecule has 5 rings (SSSR count). The van der Waals surface area contributed by atoms with Crippen LogP contribution in [0.4, 0.5) is 5.82 Å². The molecule has 2 N–H and O–H groups in total. The van der Waals surface area contributed by atoms with Crippen LogP contribution in [0.2, 0.25) is 0 Å². The molecule has 0 atom stereocenters. The standard InChI is InChI=1S/C19H22N4/c1-2-4-14-13(3-1)18-15-7-8-21-16(15)5-6-17(18)22-19(14)23-11-9-20-10-12-23/h5-8,20-21H,1-4,9-12H2. The molecular weight excluding hydrogens is 284 g/mol. The molecule has 118 valence electrons. The Labute approximate surface area is 135 Å². The molecule has 1 fully saturated rings. The maximum Gasteiger partial charge on any atom is 0.132 e. The van der Waals surface area contributed by atoms with Crippen LogP contribution in [0.3, 0.4) is 0 Å². The van der Waals surface area contributed by atoms with Gasteiger partial charge in [-0.1, -0.05) is 0 Å². The number of aryl methyl sites for hydroxylation is 1. The third-order valence-electron chi connectivity index (χ3n) is 5.39. The van der Waals surface area contributed by atoms with E-state index in [9.17, 15) is 0 Å². The molecule has 2 aromatic heterocycles. The van der Waals surface area contributed by atoms with Crippen molar-refractivity contribution in [1.29, 1.82) is 0 Å². The van der Waals surface area contributed by atoms with Gasteiger partial charge in [0.25, 0.3) is 0 Å². The molecule has 1 aliphatic carbocycles. The van der Waals surface area contributed by atoms with Crippen molar-refractivity contribution in [2.75, 3.05) is 31.1 Å². The van der Waals surface area contributed by atoms with Crippen molar-refractivity contribution in [2.45, 2.75) is 25.7 Å². The Balaban J connectivity index is 1.81. The fourth-order valence-corrected chi connectivity index (χ4v) is 4.28. The molecular formula is C19H22N4. The smallest absolute Gasteiger partial charge is 0.132 e. The Morgan fingerprint density at radius 1 is 0.957 bits per heavy atom. The number of hydrogen-bond donors (Lipinski definition) is 2. The first-order chi connectivity index (χ1) is 11.4. The molecule has 3 aromatic rings. The first-order valence-electron chi connectivity index (χ1n) is 8.79. The van der Waals surface area contributed by atoms with Crippen LogP contribution < -0.4 is 10.2 Å². The summed E-state index contributed by atoms with van der Waals surface area (Å²) < 4.78 is 0. The van der Waals surface area contributed by atoms with Crippen molar-refractivity contribution in [1.82, 2.24) is 15.3 Å². The van der Waals surface area contributed by atoms with Crippen molar-refractivity contribution in [3.8, 4) is 0 Å². The lowest BCUT2D eigenvalue weighted by Crippen LogP contribution is -2.44. The number of benzene rings is 1. The second-order valence-electron chi connectivity index (χ2n) is 6.74. The van der Waals surface area contributed by atoms with Crippen LogP contribution >= 0.6 is 0 Å². The van der Waals surface area contributed by atoms with E-state index in [-0.39, 0.29) is 0 Å². The predicted molar refractivity (Wildman–Crippen MR) is 95.3 cm³/mol. The van der Waals surface area contributed by atoms with Crippen LogP contribution in [0, 0.1) is 0 Å². The number of aromatic amines is 1. The van der Waals surface area contributed by atoms with Gasteiger partial charge in [0.15, 0.2) is 0 Å². The first-order valence-corrected chi connectivity index (χ1v) is 8.79. The Morgan fingerprint density at radius 2 is 1.78 bits per heavy atom. The van der Waals surface area contributed by atoms with E-state index < -0.39 is 0 Å². The van der Waals surface area contributed by atoms with E-state index in [2.05, 4.69) is 33.4 Å². The minimum absolute atomic E-state index is 1.06. The van der Waals surface area contributed by atoms with Crippen molar-refractivity contribution in [2.24, 2.45) is 0 Å². The molecule has 1 saturated heterocycles. The molecule has 0 radical (unpaired) electrons. The van der Waals surface area contributed by atoms with Crippen LogP contribution in [0.1, 0.15) is 24.0 Å². The fourth-order valence-electron chi connectivity index (χ4n) is 4.28. The van der Waals surface area contributed by atoms with Crippen molar-refractivity contribution in [3.63, 3.8) is 0 Å². The minimum Gasteiger partial charge on any atom is -0.361 e. The molecule has 1 aliphatic heterocycles. The summed E-state index contributed by atoms with van der Waals surface area (Å²) in [7, 11) is 0. The van der Waals surface area contributed by atoms with E-state index in [1.165, 1.54) is 53.4 Å². The number of nitrogens with one attached hydrogen (secondary N) is 2. The number of fused-ring (bicyclic) bond motifs is 5. The molecule has 0 bridgehead atoms. The van der Waals surface area contributed by atoms with Crippen LogP contribution in [-0.2, 0) is 12.8 Å². The minimum atomic E-state index is 1.06. The van der Waals surface area contributed by atoms with Gasteiger partial charge in [-0.25, -0.2) is 4.98 Å². The summed E-state index contributed by atoms with van der Waals surface area (Å²) in [5, 5.41) is 6.17. The summed E-state index contributed by atoms with van der Waals surface area (Å²) in [4.78, 5) is 11.0. The summed E-state index contributed by atoms with van der Waals surface area (Å²) in [5.74, 6) is 1.25. The number of H-pyrrole nitrogens is 1. The lowest BCUT2D eigenvalue weighted by molar-refractivity contribution is 0.580. The average Bonchev–Trinajstić information content (AvgIpc) is 3.10. The van der Waals surface area contributed by atoms with E-state index in [0.717, 1.165) is 31.7 Å². The number of pyridine rings is 1. The van der Waals surface area contributed by atoms with Gasteiger partial charge in [-0.2, -0.15) is 0 Å². The van der Waals surface area contributed by atoms with E-state index in [0.29, 0.717) is 0 Å². The Morgan fingerprint density at radius 3 is 2.65 bits per heavy atom. The van der Waals surface area contributed by atoms with E-state index in [1.807, 2.05) is 6.20 Å². The Bertz CT molecular complexity index is 874. The highest BCUT2D eigenvalue weighted by molar-refractivity contribution is 6.08. The average molecular weight is 306 g/mol. The monoisotopic (exact) mass is 306 g/mol. The number of anilines is 1. The zero-order chi connectivity index (χ0) is 15.2. The SMILES string of the molecule is c1cc2c(ccc3nc(N4CCNCC4)c4c(c32)CCCC4)[nH]1. The Kier molecular flexibility index (Phi) is 3.05. The Hall–Kier alpha value is -2.07. The van der Waals surface area contributed by atoms with Crippen LogP contribution in [0.25, 0.3) is 21.8 Å². The molecule has 0 unspecified atom stereocenters. The highest BCUT2D eigenvalue weighted by Crippen LogP contribution is 2.37. The van der Waals surface area contributed by atoms with Gasteiger partial charge in [0.1, 0.15) is 5.82 Å². The molecule has 0 spiro atoms. The van der Waals surface area contributed by atoms with Crippen LogP contribution in [-0.4, -0.2) is 36.1 Å². The predicted octanol–water partition coefficient (Wildman–Crippen LogP) is 3.00. The third-order valence-corrected chi connectivity index (χ3v) is 5.39. The van der Waals surface area contributed by atoms with Gasteiger partial charge < -0.3 is 15.2 Å².